The standard InChI is InChI=1S/C7H10N4O4S2/c1-15-4(13)3(2-12)8-5(14)9-6-10-11-7(16)17-6/h3,12H,2H2,1H3,(H,11,16)(H2,8,9,10,14)/t3-/m0/s1. The van der Waals surface area contributed by atoms with Crippen LogP contribution >= 0.6 is 23.6 Å². The van der Waals surface area contributed by atoms with Crippen LogP contribution in [-0.2, 0) is 9.53 Å². The van der Waals surface area contributed by atoms with Gasteiger partial charge in [-0.3, -0.25) is 10.4 Å². The van der Waals surface area contributed by atoms with E-state index in [-0.39, 0.29) is 5.13 Å². The smallest absolute Gasteiger partial charge is 0.330 e. The summed E-state index contributed by atoms with van der Waals surface area (Å²) in [5, 5.41) is 19.9. The second-order valence-electron chi connectivity index (χ2n) is 2.78. The van der Waals surface area contributed by atoms with Gasteiger partial charge >= 0.3 is 12.0 Å². The molecular weight excluding hydrogens is 268 g/mol. The SMILES string of the molecule is COC(=O)[C@H](CO)NC(=O)Nc1n[nH]c(=S)s1. The van der Waals surface area contributed by atoms with Gasteiger partial charge in [-0.25, -0.2) is 9.59 Å². The minimum absolute atomic E-state index is 0.258. The number of aromatic amines is 1. The zero-order valence-corrected chi connectivity index (χ0v) is 10.4. The Labute approximate surface area is 105 Å². The number of anilines is 1. The van der Waals surface area contributed by atoms with Crippen LogP contribution in [0.3, 0.4) is 0 Å². The monoisotopic (exact) mass is 278 g/mol. The van der Waals surface area contributed by atoms with Crippen molar-refractivity contribution in [2.75, 3.05) is 19.0 Å². The molecule has 2 amide bonds. The van der Waals surface area contributed by atoms with Gasteiger partial charge in [0.1, 0.15) is 0 Å². The third-order valence-corrected chi connectivity index (χ3v) is 2.64. The van der Waals surface area contributed by atoms with Crippen LogP contribution in [0.4, 0.5) is 9.93 Å². The molecule has 0 saturated heterocycles. The molecule has 0 saturated carbocycles. The number of nitrogens with zero attached hydrogens (tertiary/aromatic N) is 1. The van der Waals surface area contributed by atoms with Crippen molar-refractivity contribution in [2.24, 2.45) is 0 Å². The van der Waals surface area contributed by atoms with Crippen molar-refractivity contribution in [3.63, 3.8) is 0 Å². The highest BCUT2D eigenvalue weighted by Crippen LogP contribution is 2.10. The molecule has 0 aliphatic rings. The van der Waals surface area contributed by atoms with Crippen LogP contribution in [0, 0.1) is 3.95 Å². The Bertz CT molecular complexity index is 457. The van der Waals surface area contributed by atoms with Gasteiger partial charge in [-0.15, -0.1) is 5.10 Å². The van der Waals surface area contributed by atoms with Crippen molar-refractivity contribution in [3.8, 4) is 0 Å². The molecule has 0 aliphatic heterocycles. The van der Waals surface area contributed by atoms with Gasteiger partial charge in [-0.2, -0.15) is 0 Å². The predicted molar refractivity (Wildman–Crippen MR) is 62.3 cm³/mol. The van der Waals surface area contributed by atoms with Gasteiger partial charge in [0, 0.05) is 0 Å². The maximum atomic E-state index is 11.4. The average molecular weight is 278 g/mol. The first-order valence-corrected chi connectivity index (χ1v) is 5.61. The quantitative estimate of drug-likeness (QED) is 0.450. The van der Waals surface area contributed by atoms with Crippen LogP contribution in [-0.4, -0.2) is 47.1 Å². The summed E-state index contributed by atoms with van der Waals surface area (Å²) in [6, 6.07) is -1.81. The van der Waals surface area contributed by atoms with E-state index in [9.17, 15) is 9.59 Å². The summed E-state index contributed by atoms with van der Waals surface area (Å²) >= 11 is 5.83. The molecule has 1 rings (SSSR count). The number of aliphatic hydroxyl groups is 1. The highest BCUT2D eigenvalue weighted by atomic mass is 32.1. The van der Waals surface area contributed by atoms with Crippen LogP contribution in [0.5, 0.6) is 0 Å². The zero-order chi connectivity index (χ0) is 12.8. The molecule has 1 aromatic rings. The maximum Gasteiger partial charge on any atom is 0.330 e. The Morgan fingerprint density at radius 1 is 1.71 bits per heavy atom. The number of carbonyl (C=O) groups is 2. The average Bonchev–Trinajstić information content (AvgIpc) is 2.70. The van der Waals surface area contributed by atoms with E-state index in [0.717, 1.165) is 18.4 Å². The predicted octanol–water partition coefficient (Wildman–Crippen LogP) is -0.144. The van der Waals surface area contributed by atoms with E-state index in [1.54, 1.807) is 0 Å². The van der Waals surface area contributed by atoms with Crippen molar-refractivity contribution in [3.05, 3.63) is 3.95 Å². The van der Waals surface area contributed by atoms with Crippen molar-refractivity contribution in [1.82, 2.24) is 15.5 Å². The molecule has 1 heterocycles. The first-order valence-electron chi connectivity index (χ1n) is 4.38. The molecule has 8 nitrogen and oxygen atoms in total. The second kappa shape index (κ2) is 6.27. The van der Waals surface area contributed by atoms with Crippen LogP contribution < -0.4 is 10.6 Å². The summed E-state index contributed by atoms with van der Waals surface area (Å²) in [5.41, 5.74) is 0. The molecule has 0 radical (unpaired) electrons. The molecule has 94 valence electrons. The lowest BCUT2D eigenvalue weighted by Crippen LogP contribution is -2.45. The highest BCUT2D eigenvalue weighted by molar-refractivity contribution is 7.73. The molecule has 10 heteroatoms. The Balaban J connectivity index is 2.53. The van der Waals surface area contributed by atoms with E-state index in [2.05, 4.69) is 25.6 Å². The lowest BCUT2D eigenvalue weighted by atomic mass is 10.3. The fraction of sp³-hybridized carbons (Fsp3) is 0.429. The lowest BCUT2D eigenvalue weighted by Gasteiger charge is -2.13. The molecule has 0 bridgehead atoms. The minimum atomic E-state index is -1.12. The minimum Gasteiger partial charge on any atom is -0.467 e. The number of H-pyrrole nitrogens is 1. The number of esters is 1. The van der Waals surface area contributed by atoms with Crippen LogP contribution in [0.25, 0.3) is 0 Å². The first-order chi connectivity index (χ1) is 8.06. The van der Waals surface area contributed by atoms with E-state index < -0.39 is 24.6 Å². The fourth-order valence-corrected chi connectivity index (χ4v) is 1.68. The molecule has 1 aromatic heterocycles. The van der Waals surface area contributed by atoms with Crippen LogP contribution in [0.1, 0.15) is 0 Å². The number of hydrogen-bond donors (Lipinski definition) is 4. The molecule has 0 aromatic carbocycles. The molecule has 0 fully saturated rings. The normalized spacial score (nSPS) is 11.6. The number of carbonyl (C=O) groups excluding carboxylic acids is 2. The van der Waals surface area contributed by atoms with Gasteiger partial charge in [0.05, 0.1) is 13.7 Å². The molecule has 1 atom stereocenters. The Morgan fingerprint density at radius 2 is 2.41 bits per heavy atom. The summed E-state index contributed by atoms with van der Waals surface area (Å²) in [6.07, 6.45) is 0. The summed E-state index contributed by atoms with van der Waals surface area (Å²) in [7, 11) is 1.16. The number of aromatic nitrogens is 2. The summed E-state index contributed by atoms with van der Waals surface area (Å²) in [6.45, 7) is -0.559. The number of amides is 2. The van der Waals surface area contributed by atoms with E-state index in [0.29, 0.717) is 3.95 Å². The van der Waals surface area contributed by atoms with E-state index >= 15 is 0 Å². The van der Waals surface area contributed by atoms with Crippen molar-refractivity contribution in [1.29, 1.82) is 0 Å². The number of hydrogen-bond acceptors (Lipinski definition) is 7. The summed E-state index contributed by atoms with van der Waals surface area (Å²) in [4.78, 5) is 22.5. The fourth-order valence-electron chi connectivity index (χ4n) is 0.896. The number of nitrogens with one attached hydrogen (secondary N) is 3. The van der Waals surface area contributed by atoms with Gasteiger partial charge in [0.2, 0.25) is 5.13 Å². The Kier molecular flexibility index (Phi) is 5.00. The Morgan fingerprint density at radius 3 is 2.88 bits per heavy atom. The topological polar surface area (TPSA) is 116 Å². The zero-order valence-electron chi connectivity index (χ0n) is 8.72. The lowest BCUT2D eigenvalue weighted by molar-refractivity contribution is -0.143. The number of urea groups is 1. The molecule has 0 unspecified atom stereocenters. The van der Waals surface area contributed by atoms with Crippen molar-refractivity contribution < 1.29 is 19.4 Å². The second-order valence-corrected chi connectivity index (χ2v) is 4.44. The molecule has 0 aliphatic carbocycles. The van der Waals surface area contributed by atoms with Crippen LogP contribution in [0.15, 0.2) is 0 Å². The van der Waals surface area contributed by atoms with Gasteiger partial charge in [0.15, 0.2) is 10.00 Å². The molecular formula is C7H10N4O4S2. The van der Waals surface area contributed by atoms with Gasteiger partial charge < -0.3 is 15.2 Å². The summed E-state index contributed by atoms with van der Waals surface area (Å²) < 4.78 is 4.79. The third-order valence-electron chi connectivity index (χ3n) is 1.63. The number of rotatable bonds is 4. The highest BCUT2D eigenvalue weighted by Gasteiger charge is 2.20. The molecule has 4 N–H and O–H groups in total. The molecule has 0 spiro atoms. The van der Waals surface area contributed by atoms with Crippen LogP contribution in [0.2, 0.25) is 0 Å². The number of methoxy groups -OCH3 is 1. The van der Waals surface area contributed by atoms with Gasteiger partial charge in [-0.1, -0.05) is 11.3 Å². The number of ether oxygens (including phenoxy) is 1. The van der Waals surface area contributed by atoms with Gasteiger partial charge in [0.25, 0.3) is 0 Å². The van der Waals surface area contributed by atoms with Gasteiger partial charge in [-0.05, 0) is 12.2 Å². The molecule has 17 heavy (non-hydrogen) atoms. The van der Waals surface area contributed by atoms with Crippen molar-refractivity contribution in [2.45, 2.75) is 6.04 Å². The first kappa shape index (κ1) is 13.5. The Hall–Kier alpha value is -1.52. The third kappa shape index (κ3) is 4.09. The van der Waals surface area contributed by atoms with Crippen molar-refractivity contribution >= 4 is 40.7 Å². The maximum absolute atomic E-state index is 11.4. The summed E-state index contributed by atoms with van der Waals surface area (Å²) in [5.74, 6) is -0.739. The van der Waals surface area contributed by atoms with E-state index in [4.69, 9.17) is 17.3 Å². The largest absolute Gasteiger partial charge is 0.467 e. The van der Waals surface area contributed by atoms with E-state index in [1.807, 2.05) is 0 Å². The van der Waals surface area contributed by atoms with E-state index in [1.165, 1.54) is 0 Å². The number of aliphatic hydroxyl groups excluding tert-OH is 1.